The molecular weight excluding hydrogens is 272 g/mol. The molecule has 0 unspecified atom stereocenters. The molecule has 0 aromatic heterocycles. The number of hydrogen-bond donors (Lipinski definition) is 4. The molecule has 1 rings (SSSR count). The maximum atomic E-state index is 9.65. The first-order valence-corrected chi connectivity index (χ1v) is 5.68. The summed E-state index contributed by atoms with van der Waals surface area (Å²) in [6.07, 6.45) is -4.04. The van der Waals surface area contributed by atoms with E-state index in [2.05, 4.69) is 15.9 Å². The van der Waals surface area contributed by atoms with E-state index in [0.29, 0.717) is 5.33 Å². The average molecular weight is 287 g/mol. The van der Waals surface area contributed by atoms with Crippen LogP contribution in [0.2, 0.25) is 0 Å². The number of hydrogen-bond acceptors (Lipinski definition) is 6. The Balaban J connectivity index is 2.71. The number of aliphatic hydroxyl groups excluding tert-OH is 4. The van der Waals surface area contributed by atoms with Gasteiger partial charge in [0.1, 0.15) is 24.9 Å². The maximum Gasteiger partial charge on any atom is 0.221 e. The highest BCUT2D eigenvalue weighted by molar-refractivity contribution is 9.09. The van der Waals surface area contributed by atoms with Crippen LogP contribution < -0.4 is 0 Å². The quantitative estimate of drug-likeness (QED) is 0.455. The highest BCUT2D eigenvalue weighted by Gasteiger charge is 2.50. The van der Waals surface area contributed by atoms with Crippen molar-refractivity contribution in [3.8, 4) is 0 Å². The topological polar surface area (TPSA) is 99.4 Å². The molecule has 1 aliphatic heterocycles. The summed E-state index contributed by atoms with van der Waals surface area (Å²) in [6.45, 7) is -0.577. The third-order valence-electron chi connectivity index (χ3n) is 2.31. The van der Waals surface area contributed by atoms with Crippen molar-refractivity contribution in [3.63, 3.8) is 0 Å². The Bertz CT molecular complexity index is 200. The Labute approximate surface area is 95.6 Å². The summed E-state index contributed by atoms with van der Waals surface area (Å²) in [6, 6.07) is 0. The largest absolute Gasteiger partial charge is 0.391 e. The minimum absolute atomic E-state index is 0.193. The molecule has 90 valence electrons. The van der Waals surface area contributed by atoms with Gasteiger partial charge in [-0.2, -0.15) is 0 Å². The van der Waals surface area contributed by atoms with Crippen LogP contribution in [0.3, 0.4) is 0 Å². The van der Waals surface area contributed by atoms with Gasteiger partial charge in [-0.25, -0.2) is 0 Å². The molecule has 0 aromatic rings. The van der Waals surface area contributed by atoms with Crippen LogP contribution in [-0.2, 0) is 9.47 Å². The molecule has 0 aliphatic carbocycles. The summed E-state index contributed by atoms with van der Waals surface area (Å²) in [4.78, 5) is 0. The summed E-state index contributed by atoms with van der Waals surface area (Å²) >= 11 is 3.12. The van der Waals surface area contributed by atoms with Crippen LogP contribution in [-0.4, -0.2) is 69.7 Å². The van der Waals surface area contributed by atoms with Crippen LogP contribution in [0.15, 0.2) is 0 Å². The molecule has 0 bridgehead atoms. The Morgan fingerprint density at radius 3 is 2.60 bits per heavy atom. The lowest BCUT2D eigenvalue weighted by atomic mass is 9.97. The highest BCUT2D eigenvalue weighted by atomic mass is 79.9. The van der Waals surface area contributed by atoms with Crippen LogP contribution in [0.4, 0.5) is 0 Å². The number of ether oxygens (including phenoxy) is 2. The SMILES string of the molecule is OC[C@@]1(OCCBr)OC[C@@H](O)[C@@H](O)[C@@H]1O. The Hall–Kier alpha value is 0.240. The van der Waals surface area contributed by atoms with E-state index < -0.39 is 30.7 Å². The van der Waals surface area contributed by atoms with Gasteiger partial charge in [0.25, 0.3) is 0 Å². The second-order valence-electron chi connectivity index (χ2n) is 3.32. The standard InChI is InChI=1S/C8H15BrO6/c9-1-2-14-8(4-10)7(13)6(12)5(11)3-15-8/h5-7,10-13H,1-4H2/t5-,6-,7+,8-/m1/s1. The Kier molecular flexibility index (Phi) is 4.91. The second-order valence-corrected chi connectivity index (χ2v) is 4.11. The van der Waals surface area contributed by atoms with Crippen molar-refractivity contribution in [2.45, 2.75) is 24.1 Å². The van der Waals surface area contributed by atoms with E-state index in [4.69, 9.17) is 14.6 Å². The predicted octanol–water partition coefficient (Wildman–Crippen LogP) is -1.80. The smallest absolute Gasteiger partial charge is 0.221 e. The van der Waals surface area contributed by atoms with Crippen LogP contribution >= 0.6 is 15.9 Å². The normalized spacial score (nSPS) is 41.8. The summed E-state index contributed by atoms with van der Waals surface area (Å²) in [5.41, 5.74) is 0. The molecule has 1 heterocycles. The summed E-state index contributed by atoms with van der Waals surface area (Å²) in [7, 11) is 0. The zero-order chi connectivity index (χ0) is 11.5. The van der Waals surface area contributed by atoms with Crippen LogP contribution in [0.5, 0.6) is 0 Å². The third-order valence-corrected chi connectivity index (χ3v) is 2.63. The number of rotatable bonds is 4. The molecule has 0 aromatic carbocycles. The lowest BCUT2D eigenvalue weighted by molar-refractivity contribution is -0.347. The maximum absolute atomic E-state index is 9.65. The molecule has 1 aliphatic rings. The molecule has 6 nitrogen and oxygen atoms in total. The third kappa shape index (κ3) is 2.68. The minimum atomic E-state index is -1.65. The van der Waals surface area contributed by atoms with E-state index in [1.54, 1.807) is 0 Å². The molecule has 7 heteroatoms. The fourth-order valence-electron chi connectivity index (χ4n) is 1.40. The van der Waals surface area contributed by atoms with Gasteiger partial charge >= 0.3 is 0 Å². The average Bonchev–Trinajstić information content (AvgIpc) is 2.26. The minimum Gasteiger partial charge on any atom is -0.391 e. The van der Waals surface area contributed by atoms with Gasteiger partial charge in [-0.3, -0.25) is 0 Å². The fraction of sp³-hybridized carbons (Fsp3) is 1.00. The molecule has 1 saturated heterocycles. The van der Waals surface area contributed by atoms with Gasteiger partial charge < -0.3 is 29.9 Å². The van der Waals surface area contributed by atoms with Gasteiger partial charge in [-0.15, -0.1) is 0 Å². The monoisotopic (exact) mass is 286 g/mol. The zero-order valence-electron chi connectivity index (χ0n) is 8.04. The van der Waals surface area contributed by atoms with Gasteiger partial charge in [-0.05, 0) is 0 Å². The fourth-order valence-corrected chi connectivity index (χ4v) is 1.57. The van der Waals surface area contributed by atoms with Gasteiger partial charge in [-0.1, -0.05) is 15.9 Å². The van der Waals surface area contributed by atoms with Gasteiger partial charge in [0.2, 0.25) is 5.79 Å². The first kappa shape index (κ1) is 13.3. The van der Waals surface area contributed by atoms with Crippen molar-refractivity contribution >= 4 is 15.9 Å². The Morgan fingerprint density at radius 1 is 1.40 bits per heavy atom. The number of alkyl halides is 1. The summed E-state index contributed by atoms with van der Waals surface area (Å²) in [5.74, 6) is -1.65. The lowest BCUT2D eigenvalue weighted by Crippen LogP contribution is -2.63. The van der Waals surface area contributed by atoms with E-state index in [1.165, 1.54) is 0 Å². The zero-order valence-corrected chi connectivity index (χ0v) is 9.63. The first-order chi connectivity index (χ1) is 7.07. The number of aliphatic hydroxyl groups is 4. The Morgan fingerprint density at radius 2 is 2.07 bits per heavy atom. The van der Waals surface area contributed by atoms with Crippen molar-refractivity contribution in [2.75, 3.05) is 25.2 Å². The van der Waals surface area contributed by atoms with Crippen molar-refractivity contribution in [3.05, 3.63) is 0 Å². The molecule has 15 heavy (non-hydrogen) atoms. The number of halogens is 1. The summed E-state index contributed by atoms with van der Waals surface area (Å²) in [5, 5.41) is 37.9. The molecule has 4 N–H and O–H groups in total. The molecule has 0 amide bonds. The van der Waals surface area contributed by atoms with Crippen molar-refractivity contribution in [2.24, 2.45) is 0 Å². The van der Waals surface area contributed by atoms with E-state index in [9.17, 15) is 15.3 Å². The van der Waals surface area contributed by atoms with Crippen LogP contribution in [0, 0.1) is 0 Å². The highest BCUT2D eigenvalue weighted by Crippen LogP contribution is 2.27. The molecule has 1 fully saturated rings. The van der Waals surface area contributed by atoms with Crippen LogP contribution in [0.1, 0.15) is 0 Å². The molecule has 0 radical (unpaired) electrons. The van der Waals surface area contributed by atoms with Crippen molar-refractivity contribution in [1.82, 2.24) is 0 Å². The van der Waals surface area contributed by atoms with Gasteiger partial charge in [0.05, 0.1) is 13.2 Å². The predicted molar refractivity (Wildman–Crippen MR) is 53.5 cm³/mol. The molecule has 4 atom stereocenters. The second kappa shape index (κ2) is 5.53. The van der Waals surface area contributed by atoms with Gasteiger partial charge in [0.15, 0.2) is 0 Å². The molecule has 0 saturated carbocycles. The van der Waals surface area contributed by atoms with Crippen LogP contribution in [0.25, 0.3) is 0 Å². The lowest BCUT2D eigenvalue weighted by Gasteiger charge is -2.43. The van der Waals surface area contributed by atoms with Crippen molar-refractivity contribution in [1.29, 1.82) is 0 Å². The van der Waals surface area contributed by atoms with E-state index in [-0.39, 0.29) is 13.2 Å². The van der Waals surface area contributed by atoms with E-state index >= 15 is 0 Å². The first-order valence-electron chi connectivity index (χ1n) is 4.56. The van der Waals surface area contributed by atoms with Crippen molar-refractivity contribution < 1.29 is 29.9 Å². The van der Waals surface area contributed by atoms with E-state index in [1.807, 2.05) is 0 Å². The molecular formula is C8H15BrO6. The summed E-state index contributed by atoms with van der Waals surface area (Å²) < 4.78 is 10.2. The van der Waals surface area contributed by atoms with Gasteiger partial charge in [0, 0.05) is 5.33 Å². The molecule has 0 spiro atoms. The van der Waals surface area contributed by atoms with E-state index in [0.717, 1.165) is 0 Å².